The lowest BCUT2D eigenvalue weighted by Gasteiger charge is -2.34. The van der Waals surface area contributed by atoms with Crippen LogP contribution in [0.15, 0.2) is 0 Å². The SMILES string of the molecule is CCC(=O)N1CC2CC1C1C(=O)NC(=O)N21. The number of rotatable bonds is 1. The van der Waals surface area contributed by atoms with E-state index in [0.29, 0.717) is 13.0 Å². The van der Waals surface area contributed by atoms with Crippen LogP contribution in [-0.2, 0) is 9.59 Å². The normalized spacial score (nSPS) is 35.7. The molecular weight excluding hydrogens is 210 g/mol. The van der Waals surface area contributed by atoms with Crippen molar-refractivity contribution in [3.8, 4) is 0 Å². The number of hydrogen-bond donors (Lipinski definition) is 1. The third-order valence-corrected chi connectivity index (χ3v) is 3.73. The fourth-order valence-corrected chi connectivity index (χ4v) is 3.08. The van der Waals surface area contributed by atoms with Crippen LogP contribution in [0.1, 0.15) is 19.8 Å². The minimum atomic E-state index is -0.443. The molecular formula is C10H13N3O3. The van der Waals surface area contributed by atoms with Crippen molar-refractivity contribution in [2.75, 3.05) is 6.54 Å². The van der Waals surface area contributed by atoms with Gasteiger partial charge in [0.05, 0.1) is 12.1 Å². The highest BCUT2D eigenvalue weighted by Crippen LogP contribution is 2.38. The Kier molecular flexibility index (Phi) is 1.78. The number of fused-ring (bicyclic) bond motifs is 5. The fraction of sp³-hybridized carbons (Fsp3) is 0.700. The minimum Gasteiger partial charge on any atom is -0.335 e. The van der Waals surface area contributed by atoms with Gasteiger partial charge in [-0.15, -0.1) is 0 Å². The first kappa shape index (κ1) is 9.62. The van der Waals surface area contributed by atoms with Crippen LogP contribution in [-0.4, -0.2) is 52.3 Å². The van der Waals surface area contributed by atoms with Crippen molar-refractivity contribution in [3.05, 3.63) is 0 Å². The minimum absolute atomic E-state index is 0.0250. The second-order valence-electron chi connectivity index (χ2n) is 4.50. The Morgan fingerprint density at radius 2 is 2.25 bits per heavy atom. The number of hydrogen-bond acceptors (Lipinski definition) is 3. The molecule has 3 fully saturated rings. The lowest BCUT2D eigenvalue weighted by Crippen LogP contribution is -2.54. The molecule has 6 heteroatoms. The van der Waals surface area contributed by atoms with E-state index in [1.165, 1.54) is 0 Å². The summed E-state index contributed by atoms with van der Waals surface area (Å²) >= 11 is 0. The first-order chi connectivity index (χ1) is 7.63. The van der Waals surface area contributed by atoms with Gasteiger partial charge < -0.3 is 9.80 Å². The number of imide groups is 1. The van der Waals surface area contributed by atoms with Crippen LogP contribution in [0.5, 0.6) is 0 Å². The third-order valence-electron chi connectivity index (χ3n) is 3.73. The molecule has 0 aromatic rings. The van der Waals surface area contributed by atoms with Gasteiger partial charge in [0.1, 0.15) is 6.04 Å². The van der Waals surface area contributed by atoms with Crippen LogP contribution in [0.4, 0.5) is 4.79 Å². The van der Waals surface area contributed by atoms with E-state index in [2.05, 4.69) is 5.32 Å². The van der Waals surface area contributed by atoms with Gasteiger partial charge in [-0.1, -0.05) is 6.92 Å². The van der Waals surface area contributed by atoms with Gasteiger partial charge in [-0.3, -0.25) is 14.9 Å². The Morgan fingerprint density at radius 3 is 2.94 bits per heavy atom. The molecule has 0 saturated carbocycles. The number of amides is 4. The average Bonchev–Trinajstić information content (AvgIpc) is 2.90. The zero-order valence-electron chi connectivity index (χ0n) is 8.97. The summed E-state index contributed by atoms with van der Waals surface area (Å²) in [6.45, 7) is 2.39. The maximum atomic E-state index is 11.7. The number of nitrogens with zero attached hydrogens (tertiary/aromatic N) is 2. The van der Waals surface area contributed by atoms with Gasteiger partial charge in [0.15, 0.2) is 0 Å². The highest BCUT2D eigenvalue weighted by molar-refractivity contribution is 6.06. The Morgan fingerprint density at radius 1 is 1.50 bits per heavy atom. The van der Waals surface area contributed by atoms with Crippen molar-refractivity contribution in [3.63, 3.8) is 0 Å². The second-order valence-corrected chi connectivity index (χ2v) is 4.50. The smallest absolute Gasteiger partial charge is 0.325 e. The van der Waals surface area contributed by atoms with Crippen LogP contribution in [0.25, 0.3) is 0 Å². The first-order valence-corrected chi connectivity index (χ1v) is 5.56. The van der Waals surface area contributed by atoms with E-state index >= 15 is 0 Å². The molecule has 3 aliphatic heterocycles. The van der Waals surface area contributed by atoms with Crippen molar-refractivity contribution in [1.82, 2.24) is 15.1 Å². The Hall–Kier alpha value is -1.59. The summed E-state index contributed by atoms with van der Waals surface area (Å²) in [6.07, 6.45) is 1.20. The van der Waals surface area contributed by atoms with Gasteiger partial charge >= 0.3 is 6.03 Å². The average molecular weight is 223 g/mol. The maximum absolute atomic E-state index is 11.7. The Balaban J connectivity index is 1.89. The molecule has 86 valence electrons. The third kappa shape index (κ3) is 0.989. The molecule has 6 nitrogen and oxygen atoms in total. The molecule has 0 aromatic carbocycles. The number of nitrogens with one attached hydrogen (secondary N) is 1. The summed E-state index contributed by atoms with van der Waals surface area (Å²) in [5.41, 5.74) is 0. The lowest BCUT2D eigenvalue weighted by molar-refractivity contribution is -0.135. The topological polar surface area (TPSA) is 69.7 Å². The standard InChI is InChI=1S/C10H13N3O3/c1-2-7(14)12-4-5-3-6(12)8-9(15)11-10(16)13(5)8/h5-6,8H,2-4H2,1H3,(H,11,15,16). The molecule has 3 saturated heterocycles. The molecule has 0 aromatic heterocycles. The van der Waals surface area contributed by atoms with Gasteiger partial charge in [-0.25, -0.2) is 4.79 Å². The molecule has 0 aliphatic carbocycles. The predicted octanol–water partition coefficient (Wildman–Crippen LogP) is -0.700. The highest BCUT2D eigenvalue weighted by Gasteiger charge is 2.59. The van der Waals surface area contributed by atoms with E-state index in [1.807, 2.05) is 6.92 Å². The molecule has 3 unspecified atom stereocenters. The van der Waals surface area contributed by atoms with Gasteiger partial charge in [0.25, 0.3) is 5.91 Å². The fourth-order valence-electron chi connectivity index (χ4n) is 3.08. The van der Waals surface area contributed by atoms with Crippen LogP contribution >= 0.6 is 0 Å². The zero-order chi connectivity index (χ0) is 11.4. The van der Waals surface area contributed by atoms with Crippen molar-refractivity contribution < 1.29 is 14.4 Å². The van der Waals surface area contributed by atoms with Crippen LogP contribution in [0.2, 0.25) is 0 Å². The van der Waals surface area contributed by atoms with E-state index in [-0.39, 0.29) is 29.9 Å². The maximum Gasteiger partial charge on any atom is 0.325 e. The van der Waals surface area contributed by atoms with Gasteiger partial charge in [-0.05, 0) is 6.42 Å². The summed E-state index contributed by atoms with van der Waals surface area (Å²) in [4.78, 5) is 38.1. The molecule has 16 heavy (non-hydrogen) atoms. The summed E-state index contributed by atoms with van der Waals surface area (Å²) in [5, 5.41) is 2.31. The van der Waals surface area contributed by atoms with Gasteiger partial charge in [0.2, 0.25) is 5.91 Å². The van der Waals surface area contributed by atoms with Crippen molar-refractivity contribution in [2.24, 2.45) is 0 Å². The molecule has 3 rings (SSSR count). The first-order valence-electron chi connectivity index (χ1n) is 5.56. The summed E-state index contributed by atoms with van der Waals surface area (Å²) in [6, 6.07) is -0.825. The second kappa shape index (κ2) is 2.96. The molecule has 3 aliphatic rings. The predicted molar refractivity (Wildman–Crippen MR) is 53.4 cm³/mol. The number of urea groups is 1. The summed E-state index contributed by atoms with van der Waals surface area (Å²) in [5.74, 6) is -0.189. The van der Waals surface area contributed by atoms with Gasteiger partial charge in [0, 0.05) is 13.0 Å². The Bertz CT molecular complexity index is 395. The highest BCUT2D eigenvalue weighted by atomic mass is 16.2. The number of carbonyl (C=O) groups is 3. The molecule has 0 radical (unpaired) electrons. The number of likely N-dealkylation sites (tertiary alicyclic amines) is 1. The van der Waals surface area contributed by atoms with E-state index < -0.39 is 6.04 Å². The van der Waals surface area contributed by atoms with E-state index in [4.69, 9.17) is 0 Å². The molecule has 0 spiro atoms. The molecule has 3 atom stereocenters. The van der Waals surface area contributed by atoms with Crippen molar-refractivity contribution >= 4 is 17.8 Å². The summed E-state index contributed by atoms with van der Waals surface area (Å²) < 4.78 is 0. The van der Waals surface area contributed by atoms with E-state index in [1.54, 1.807) is 9.80 Å². The molecule has 2 bridgehead atoms. The number of carbonyl (C=O) groups excluding carboxylic acids is 3. The Labute approximate surface area is 92.6 Å². The number of piperazine rings is 1. The van der Waals surface area contributed by atoms with Crippen LogP contribution in [0.3, 0.4) is 0 Å². The van der Waals surface area contributed by atoms with Crippen LogP contribution in [0, 0.1) is 0 Å². The summed E-state index contributed by atoms with van der Waals surface area (Å²) in [7, 11) is 0. The molecule has 1 N–H and O–H groups in total. The molecule has 4 amide bonds. The lowest BCUT2D eigenvalue weighted by atomic mass is 10.1. The van der Waals surface area contributed by atoms with Crippen molar-refractivity contribution in [1.29, 1.82) is 0 Å². The van der Waals surface area contributed by atoms with Gasteiger partial charge in [-0.2, -0.15) is 0 Å². The molecule has 3 heterocycles. The van der Waals surface area contributed by atoms with Crippen molar-refractivity contribution in [2.45, 2.75) is 37.9 Å². The van der Waals surface area contributed by atoms with E-state index in [0.717, 1.165) is 6.42 Å². The zero-order valence-corrected chi connectivity index (χ0v) is 8.97. The monoisotopic (exact) mass is 223 g/mol. The quantitative estimate of drug-likeness (QED) is 0.598. The van der Waals surface area contributed by atoms with Crippen LogP contribution < -0.4 is 5.32 Å². The van der Waals surface area contributed by atoms with E-state index in [9.17, 15) is 14.4 Å². The largest absolute Gasteiger partial charge is 0.335 e.